The normalized spacial score (nSPS) is 12.4. The Morgan fingerprint density at radius 2 is 2.18 bits per heavy atom. The molecule has 88 valence electrons. The summed E-state index contributed by atoms with van der Waals surface area (Å²) in [6.07, 6.45) is 2.20. The average molecular weight is 250 g/mol. The van der Waals surface area contributed by atoms with Crippen LogP contribution in [0, 0.1) is 0 Å². The number of pyridine rings is 1. The predicted octanol–water partition coefficient (Wildman–Crippen LogP) is 3.16. The van der Waals surface area contributed by atoms with E-state index in [4.69, 9.17) is 16.3 Å². The molecule has 0 bridgehead atoms. The maximum Gasteiger partial charge on any atom is 0.329 e. The zero-order valence-corrected chi connectivity index (χ0v) is 10.1. The third-order valence-corrected chi connectivity index (χ3v) is 2.91. The van der Waals surface area contributed by atoms with Crippen LogP contribution in [0.15, 0.2) is 36.5 Å². The van der Waals surface area contributed by atoms with Crippen LogP contribution in [-0.4, -0.2) is 16.3 Å². The van der Waals surface area contributed by atoms with Gasteiger partial charge in [-0.15, -0.1) is 11.6 Å². The van der Waals surface area contributed by atoms with Crippen LogP contribution in [-0.2, 0) is 4.79 Å². The lowest BCUT2D eigenvalue weighted by molar-refractivity contribution is -0.133. The van der Waals surface area contributed by atoms with E-state index in [9.17, 15) is 4.79 Å². The molecule has 0 fully saturated rings. The number of hydrogen-bond acceptors (Lipinski definition) is 3. The van der Waals surface area contributed by atoms with E-state index in [1.165, 1.54) is 0 Å². The molecule has 0 radical (unpaired) electrons. The van der Waals surface area contributed by atoms with E-state index in [-0.39, 0.29) is 0 Å². The van der Waals surface area contributed by atoms with Gasteiger partial charge in [-0.2, -0.15) is 0 Å². The number of aromatic nitrogens is 1. The lowest BCUT2D eigenvalue weighted by Gasteiger charge is -2.09. The van der Waals surface area contributed by atoms with Crippen LogP contribution in [0.5, 0.6) is 5.75 Å². The van der Waals surface area contributed by atoms with Gasteiger partial charge in [-0.05, 0) is 18.6 Å². The minimum absolute atomic E-state index is 0.438. The second-order valence-electron chi connectivity index (χ2n) is 3.63. The highest BCUT2D eigenvalue weighted by Gasteiger charge is 2.16. The molecular weight excluding hydrogens is 238 g/mol. The number of rotatable bonds is 3. The van der Waals surface area contributed by atoms with Gasteiger partial charge in [-0.3, -0.25) is 9.78 Å². The molecule has 1 unspecified atom stereocenters. The lowest BCUT2D eigenvalue weighted by atomic mass is 10.2. The van der Waals surface area contributed by atoms with Gasteiger partial charge in [0.15, 0.2) is 5.75 Å². The third-order valence-electron chi connectivity index (χ3n) is 2.42. The first-order valence-corrected chi connectivity index (χ1v) is 5.85. The van der Waals surface area contributed by atoms with Crippen molar-refractivity contribution < 1.29 is 9.53 Å². The van der Waals surface area contributed by atoms with Crippen molar-refractivity contribution in [2.45, 2.75) is 18.7 Å². The Labute approximate surface area is 104 Å². The van der Waals surface area contributed by atoms with E-state index in [1.807, 2.05) is 31.2 Å². The lowest BCUT2D eigenvalue weighted by Crippen LogP contribution is -2.20. The smallest absolute Gasteiger partial charge is 0.329 e. The summed E-state index contributed by atoms with van der Waals surface area (Å²) >= 11 is 5.82. The molecule has 1 heterocycles. The molecule has 0 aliphatic carbocycles. The van der Waals surface area contributed by atoms with Gasteiger partial charge in [-0.25, -0.2) is 0 Å². The number of para-hydroxylation sites is 1. The number of carbonyl (C=O) groups is 1. The van der Waals surface area contributed by atoms with Gasteiger partial charge in [0.2, 0.25) is 0 Å². The summed E-state index contributed by atoms with van der Waals surface area (Å²) in [4.78, 5) is 15.8. The van der Waals surface area contributed by atoms with E-state index < -0.39 is 11.3 Å². The fourth-order valence-electron chi connectivity index (χ4n) is 1.50. The Morgan fingerprint density at radius 1 is 1.41 bits per heavy atom. The molecule has 0 aliphatic rings. The summed E-state index contributed by atoms with van der Waals surface area (Å²) in [5.74, 6) is 0.0134. The number of hydrogen-bond donors (Lipinski definition) is 0. The first-order chi connectivity index (χ1) is 8.22. The summed E-state index contributed by atoms with van der Waals surface area (Å²) in [6.45, 7) is 1.83. The van der Waals surface area contributed by atoms with Crippen LogP contribution in [0.1, 0.15) is 13.3 Å². The van der Waals surface area contributed by atoms with Crippen molar-refractivity contribution in [1.29, 1.82) is 0 Å². The fraction of sp³-hybridized carbons (Fsp3) is 0.231. The summed E-state index contributed by atoms with van der Waals surface area (Å²) < 4.78 is 5.25. The summed E-state index contributed by atoms with van der Waals surface area (Å²) in [5.41, 5.74) is 0.670. The van der Waals surface area contributed by atoms with Gasteiger partial charge in [-0.1, -0.05) is 25.1 Å². The van der Waals surface area contributed by atoms with Crippen molar-refractivity contribution in [3.63, 3.8) is 0 Å². The number of ether oxygens (including phenoxy) is 1. The second kappa shape index (κ2) is 5.15. The molecule has 0 spiro atoms. The number of halogens is 1. The van der Waals surface area contributed by atoms with Crippen molar-refractivity contribution in [2.24, 2.45) is 0 Å². The number of nitrogens with zero attached hydrogens (tertiary/aromatic N) is 1. The van der Waals surface area contributed by atoms with Crippen LogP contribution in [0.2, 0.25) is 0 Å². The molecule has 0 aliphatic heterocycles. The highest BCUT2D eigenvalue weighted by atomic mass is 35.5. The Hall–Kier alpha value is -1.61. The topological polar surface area (TPSA) is 39.2 Å². The zero-order chi connectivity index (χ0) is 12.3. The van der Waals surface area contributed by atoms with E-state index in [0.717, 1.165) is 5.39 Å². The van der Waals surface area contributed by atoms with E-state index in [0.29, 0.717) is 17.7 Å². The van der Waals surface area contributed by atoms with Crippen molar-refractivity contribution in [3.05, 3.63) is 36.5 Å². The van der Waals surface area contributed by atoms with Crippen LogP contribution < -0.4 is 4.74 Å². The van der Waals surface area contributed by atoms with Crippen LogP contribution in [0.4, 0.5) is 0 Å². The number of esters is 1. The molecule has 4 heteroatoms. The SMILES string of the molecule is CCC(Cl)C(=O)Oc1cccc2cccnc12. The minimum Gasteiger partial charge on any atom is -0.423 e. The maximum absolute atomic E-state index is 11.6. The van der Waals surface area contributed by atoms with Crippen LogP contribution in [0.3, 0.4) is 0 Å². The van der Waals surface area contributed by atoms with E-state index in [1.54, 1.807) is 12.3 Å². The monoisotopic (exact) mass is 249 g/mol. The number of benzene rings is 1. The number of fused-ring (bicyclic) bond motifs is 1. The molecule has 2 aromatic rings. The van der Waals surface area contributed by atoms with Crippen LogP contribution >= 0.6 is 11.6 Å². The molecule has 2 rings (SSSR count). The Bertz CT molecular complexity index is 536. The van der Waals surface area contributed by atoms with Crippen molar-refractivity contribution in [3.8, 4) is 5.75 Å². The molecule has 3 nitrogen and oxygen atoms in total. The Morgan fingerprint density at radius 3 is 2.94 bits per heavy atom. The minimum atomic E-state index is -0.617. The van der Waals surface area contributed by atoms with E-state index >= 15 is 0 Å². The first-order valence-electron chi connectivity index (χ1n) is 5.42. The quantitative estimate of drug-likeness (QED) is 0.477. The molecule has 1 aromatic heterocycles. The standard InChI is InChI=1S/C13H12ClNO2/c1-2-10(14)13(16)17-11-7-3-5-9-6-4-8-15-12(9)11/h3-8,10H,2H2,1H3. The molecule has 1 atom stereocenters. The third kappa shape index (κ3) is 2.56. The summed E-state index contributed by atoms with van der Waals surface area (Å²) in [7, 11) is 0. The zero-order valence-electron chi connectivity index (χ0n) is 9.39. The number of alkyl halides is 1. The van der Waals surface area contributed by atoms with Gasteiger partial charge >= 0.3 is 5.97 Å². The molecule has 0 N–H and O–H groups in total. The molecule has 0 saturated heterocycles. The van der Waals surface area contributed by atoms with Gasteiger partial charge in [0.05, 0.1) is 0 Å². The molecule has 1 aromatic carbocycles. The molecular formula is C13H12ClNO2. The van der Waals surface area contributed by atoms with Crippen LogP contribution in [0.25, 0.3) is 10.9 Å². The average Bonchev–Trinajstić information content (AvgIpc) is 2.38. The first kappa shape index (κ1) is 11.9. The van der Waals surface area contributed by atoms with Gasteiger partial charge in [0.25, 0.3) is 0 Å². The molecule has 17 heavy (non-hydrogen) atoms. The second-order valence-corrected chi connectivity index (χ2v) is 4.15. The fourth-order valence-corrected chi connectivity index (χ4v) is 1.54. The Balaban J connectivity index is 2.33. The van der Waals surface area contributed by atoms with Crippen molar-refractivity contribution in [1.82, 2.24) is 4.98 Å². The highest BCUT2D eigenvalue weighted by molar-refractivity contribution is 6.30. The van der Waals surface area contributed by atoms with Crippen molar-refractivity contribution >= 4 is 28.5 Å². The van der Waals surface area contributed by atoms with Crippen molar-refractivity contribution in [2.75, 3.05) is 0 Å². The molecule has 0 amide bonds. The molecule has 0 saturated carbocycles. The number of carbonyl (C=O) groups excluding carboxylic acids is 1. The maximum atomic E-state index is 11.6. The Kier molecular flexibility index (Phi) is 3.59. The van der Waals surface area contributed by atoms with Gasteiger partial charge < -0.3 is 4.74 Å². The van der Waals surface area contributed by atoms with Gasteiger partial charge in [0, 0.05) is 11.6 Å². The van der Waals surface area contributed by atoms with E-state index in [2.05, 4.69) is 4.98 Å². The summed E-state index contributed by atoms with van der Waals surface area (Å²) in [5, 5.41) is 0.314. The highest BCUT2D eigenvalue weighted by Crippen LogP contribution is 2.23. The summed E-state index contributed by atoms with van der Waals surface area (Å²) in [6, 6.07) is 9.20. The largest absolute Gasteiger partial charge is 0.423 e. The van der Waals surface area contributed by atoms with Gasteiger partial charge in [0.1, 0.15) is 10.9 Å². The predicted molar refractivity (Wildman–Crippen MR) is 67.3 cm³/mol.